The third-order valence-electron chi connectivity index (χ3n) is 6.04. The summed E-state index contributed by atoms with van der Waals surface area (Å²) >= 11 is 0. The fraction of sp³-hybridized carbons (Fsp3) is 0.737. The molecule has 6 heteroatoms. The molecule has 0 bridgehead atoms. The lowest BCUT2D eigenvalue weighted by Crippen LogP contribution is -2.54. The van der Waals surface area contributed by atoms with Gasteiger partial charge in [0.2, 0.25) is 11.9 Å². The predicted molar refractivity (Wildman–Crippen MR) is 95.4 cm³/mol. The standard InChI is InChI=1S/C19H28N4O2/c1-2-14-11-20-19(21-12-14)22-8-5-17-16(22)3-4-18(24)23(17)13-15-6-9-25-10-7-15/h11-12,15-17H,2-10,13H2,1H3/t16-,17-/m0/s1. The van der Waals surface area contributed by atoms with E-state index in [4.69, 9.17) is 4.74 Å². The molecular weight excluding hydrogens is 316 g/mol. The number of nitrogens with zero attached hydrogens (tertiary/aromatic N) is 4. The van der Waals surface area contributed by atoms with Crippen LogP contribution in [-0.4, -0.2) is 59.2 Å². The second-order valence-corrected chi connectivity index (χ2v) is 7.50. The summed E-state index contributed by atoms with van der Waals surface area (Å²) in [6.45, 7) is 5.63. The lowest BCUT2D eigenvalue weighted by Gasteiger charge is -2.41. The third kappa shape index (κ3) is 3.36. The number of ether oxygens (including phenoxy) is 1. The molecule has 0 radical (unpaired) electrons. The number of amides is 1. The number of likely N-dealkylation sites (tertiary alicyclic amines) is 1. The fourth-order valence-corrected chi connectivity index (χ4v) is 4.52. The van der Waals surface area contributed by atoms with Gasteiger partial charge in [-0.25, -0.2) is 9.97 Å². The maximum atomic E-state index is 12.6. The average Bonchev–Trinajstić information content (AvgIpc) is 3.09. The van der Waals surface area contributed by atoms with Crippen LogP contribution in [0.25, 0.3) is 0 Å². The zero-order valence-corrected chi connectivity index (χ0v) is 15.1. The van der Waals surface area contributed by atoms with Crippen LogP contribution in [0.5, 0.6) is 0 Å². The summed E-state index contributed by atoms with van der Waals surface area (Å²) in [6.07, 6.45) is 9.57. The first-order chi connectivity index (χ1) is 12.3. The molecule has 3 aliphatic heterocycles. The van der Waals surface area contributed by atoms with Gasteiger partial charge in [0.1, 0.15) is 0 Å². The van der Waals surface area contributed by atoms with Gasteiger partial charge in [-0.1, -0.05) is 6.92 Å². The Kier molecular flexibility index (Phi) is 4.88. The molecule has 0 N–H and O–H groups in total. The minimum absolute atomic E-state index is 0.318. The Balaban J connectivity index is 1.48. The Bertz CT molecular complexity index is 600. The highest BCUT2D eigenvalue weighted by Gasteiger charge is 2.44. The van der Waals surface area contributed by atoms with E-state index in [1.54, 1.807) is 0 Å². The average molecular weight is 344 g/mol. The van der Waals surface area contributed by atoms with Crippen LogP contribution in [0.3, 0.4) is 0 Å². The van der Waals surface area contributed by atoms with Gasteiger partial charge in [0.05, 0.1) is 12.1 Å². The van der Waals surface area contributed by atoms with Crippen LogP contribution in [-0.2, 0) is 16.0 Å². The van der Waals surface area contributed by atoms with Crippen LogP contribution in [0.4, 0.5) is 5.95 Å². The Hall–Kier alpha value is -1.69. The van der Waals surface area contributed by atoms with E-state index in [0.29, 0.717) is 30.3 Å². The van der Waals surface area contributed by atoms with Crippen LogP contribution in [0, 0.1) is 5.92 Å². The van der Waals surface area contributed by atoms with Gasteiger partial charge < -0.3 is 14.5 Å². The SMILES string of the molecule is CCc1cnc(N2CC[C@H]3[C@@H]2CCC(=O)N3CC2CCOCC2)nc1. The second kappa shape index (κ2) is 7.28. The summed E-state index contributed by atoms with van der Waals surface area (Å²) in [6, 6.07) is 0.684. The molecule has 25 heavy (non-hydrogen) atoms. The largest absolute Gasteiger partial charge is 0.381 e. The van der Waals surface area contributed by atoms with Gasteiger partial charge in [0.25, 0.3) is 0 Å². The second-order valence-electron chi connectivity index (χ2n) is 7.50. The van der Waals surface area contributed by atoms with Gasteiger partial charge in [0.15, 0.2) is 0 Å². The van der Waals surface area contributed by atoms with Crippen molar-refractivity contribution < 1.29 is 9.53 Å². The number of carbonyl (C=O) groups excluding carboxylic acids is 1. The Morgan fingerprint density at radius 2 is 1.88 bits per heavy atom. The summed E-state index contributed by atoms with van der Waals surface area (Å²) in [5.41, 5.74) is 1.17. The quantitative estimate of drug-likeness (QED) is 0.836. The van der Waals surface area contributed by atoms with Gasteiger partial charge in [0, 0.05) is 45.1 Å². The maximum Gasteiger partial charge on any atom is 0.225 e. The molecule has 2 atom stereocenters. The minimum Gasteiger partial charge on any atom is -0.381 e. The lowest BCUT2D eigenvalue weighted by molar-refractivity contribution is -0.137. The number of carbonyl (C=O) groups is 1. The molecule has 0 saturated carbocycles. The molecule has 136 valence electrons. The van der Waals surface area contributed by atoms with Gasteiger partial charge in [-0.3, -0.25) is 4.79 Å². The third-order valence-corrected chi connectivity index (χ3v) is 6.04. The first kappa shape index (κ1) is 16.8. The molecule has 3 fully saturated rings. The van der Waals surface area contributed by atoms with E-state index in [2.05, 4.69) is 26.7 Å². The summed E-state index contributed by atoms with van der Waals surface area (Å²) in [5.74, 6) is 1.74. The highest BCUT2D eigenvalue weighted by Crippen LogP contribution is 2.34. The molecule has 1 amide bonds. The first-order valence-electron chi connectivity index (χ1n) is 9.71. The molecule has 4 rings (SSSR count). The van der Waals surface area contributed by atoms with Crippen molar-refractivity contribution in [1.29, 1.82) is 0 Å². The van der Waals surface area contributed by atoms with Crippen molar-refractivity contribution in [1.82, 2.24) is 14.9 Å². The van der Waals surface area contributed by atoms with Crippen LogP contribution >= 0.6 is 0 Å². The smallest absolute Gasteiger partial charge is 0.225 e. The van der Waals surface area contributed by atoms with Crippen LogP contribution < -0.4 is 4.90 Å². The van der Waals surface area contributed by atoms with E-state index in [1.807, 2.05) is 12.4 Å². The van der Waals surface area contributed by atoms with Crippen molar-refractivity contribution in [2.24, 2.45) is 5.92 Å². The van der Waals surface area contributed by atoms with Crippen molar-refractivity contribution in [2.75, 3.05) is 31.2 Å². The molecule has 0 spiro atoms. The van der Waals surface area contributed by atoms with Crippen molar-refractivity contribution in [2.45, 2.75) is 57.5 Å². The van der Waals surface area contributed by atoms with Gasteiger partial charge in [-0.2, -0.15) is 0 Å². The summed E-state index contributed by atoms with van der Waals surface area (Å²) < 4.78 is 5.47. The van der Waals surface area contributed by atoms with Crippen molar-refractivity contribution in [3.8, 4) is 0 Å². The Labute approximate surface area is 149 Å². The first-order valence-corrected chi connectivity index (χ1v) is 9.71. The fourth-order valence-electron chi connectivity index (χ4n) is 4.52. The molecule has 6 nitrogen and oxygen atoms in total. The van der Waals surface area contributed by atoms with Crippen molar-refractivity contribution in [3.63, 3.8) is 0 Å². The zero-order chi connectivity index (χ0) is 17.2. The number of aromatic nitrogens is 2. The highest BCUT2D eigenvalue weighted by molar-refractivity contribution is 5.78. The molecule has 3 aliphatic rings. The van der Waals surface area contributed by atoms with E-state index in [1.165, 1.54) is 5.56 Å². The zero-order valence-electron chi connectivity index (χ0n) is 15.1. The minimum atomic E-state index is 0.318. The van der Waals surface area contributed by atoms with Crippen molar-refractivity contribution >= 4 is 11.9 Å². The Morgan fingerprint density at radius 1 is 1.12 bits per heavy atom. The van der Waals surface area contributed by atoms with Crippen LogP contribution in [0.1, 0.15) is 44.6 Å². The molecule has 0 aliphatic carbocycles. The van der Waals surface area contributed by atoms with E-state index >= 15 is 0 Å². The number of hydrogen-bond donors (Lipinski definition) is 0. The molecule has 4 heterocycles. The number of piperidine rings is 1. The number of anilines is 1. The summed E-state index contributed by atoms with van der Waals surface area (Å²) in [5, 5.41) is 0. The van der Waals surface area contributed by atoms with Gasteiger partial charge in [-0.15, -0.1) is 0 Å². The maximum absolute atomic E-state index is 12.6. The van der Waals surface area contributed by atoms with E-state index in [-0.39, 0.29) is 0 Å². The number of hydrogen-bond acceptors (Lipinski definition) is 5. The number of rotatable bonds is 4. The molecule has 3 saturated heterocycles. The van der Waals surface area contributed by atoms with Gasteiger partial charge in [-0.05, 0) is 43.6 Å². The molecule has 1 aromatic heterocycles. The Morgan fingerprint density at radius 3 is 2.60 bits per heavy atom. The van der Waals surface area contributed by atoms with E-state index in [9.17, 15) is 4.79 Å². The molecule has 0 aromatic carbocycles. The summed E-state index contributed by atoms with van der Waals surface area (Å²) in [4.78, 5) is 26.2. The molecule has 0 unspecified atom stereocenters. The lowest BCUT2D eigenvalue weighted by atomic mass is 9.92. The number of fused-ring (bicyclic) bond motifs is 1. The highest BCUT2D eigenvalue weighted by atomic mass is 16.5. The van der Waals surface area contributed by atoms with Crippen LogP contribution in [0.15, 0.2) is 12.4 Å². The molecular formula is C19H28N4O2. The normalized spacial score (nSPS) is 27.6. The monoisotopic (exact) mass is 344 g/mol. The van der Waals surface area contributed by atoms with Crippen molar-refractivity contribution in [3.05, 3.63) is 18.0 Å². The van der Waals surface area contributed by atoms with Crippen LogP contribution in [0.2, 0.25) is 0 Å². The molecule has 1 aromatic rings. The topological polar surface area (TPSA) is 58.6 Å². The summed E-state index contributed by atoms with van der Waals surface area (Å²) in [7, 11) is 0. The van der Waals surface area contributed by atoms with E-state index in [0.717, 1.165) is 64.4 Å². The van der Waals surface area contributed by atoms with E-state index < -0.39 is 0 Å². The number of aryl methyl sites for hydroxylation is 1. The van der Waals surface area contributed by atoms with Gasteiger partial charge >= 0.3 is 0 Å². The predicted octanol–water partition coefficient (Wildman–Crippen LogP) is 2.04.